The van der Waals surface area contributed by atoms with Crippen molar-refractivity contribution in [2.24, 2.45) is 5.73 Å². The molecule has 1 heterocycles. The summed E-state index contributed by atoms with van der Waals surface area (Å²) in [6.07, 6.45) is 4.74. The molecule has 8 nitrogen and oxygen atoms in total. The highest BCUT2D eigenvalue weighted by molar-refractivity contribution is 7.89. The quantitative estimate of drug-likeness (QED) is 0.528. The van der Waals surface area contributed by atoms with Crippen LogP contribution in [0.3, 0.4) is 0 Å². The van der Waals surface area contributed by atoms with Crippen molar-refractivity contribution < 1.29 is 17.9 Å². The fourth-order valence-electron chi connectivity index (χ4n) is 3.81. The molecule has 0 aliphatic heterocycles. The van der Waals surface area contributed by atoms with Crippen LogP contribution in [0.5, 0.6) is 0 Å². The number of benzene rings is 1. The minimum Gasteiger partial charge on any atom is -0.447 e. The molecule has 1 aromatic carbocycles. The fraction of sp³-hybridized carbons (Fsp3) is 0.565. The smallest absolute Gasteiger partial charge is 0.411 e. The van der Waals surface area contributed by atoms with Crippen LogP contribution in [0.2, 0.25) is 0 Å². The van der Waals surface area contributed by atoms with Crippen molar-refractivity contribution in [3.63, 3.8) is 0 Å². The van der Waals surface area contributed by atoms with E-state index in [4.69, 9.17) is 10.5 Å². The Labute approximate surface area is 200 Å². The minimum atomic E-state index is -3.88. The number of hydrogen-bond acceptors (Lipinski definition) is 7. The molecule has 4 N–H and O–H groups in total. The molecule has 1 saturated carbocycles. The van der Waals surface area contributed by atoms with Crippen molar-refractivity contribution in [3.8, 4) is 10.4 Å². The molecule has 0 radical (unpaired) electrons. The molecule has 0 bridgehead atoms. The Kier molecular flexibility index (Phi) is 7.83. The summed E-state index contributed by atoms with van der Waals surface area (Å²) in [5.74, 6) is 0.350. The second kappa shape index (κ2) is 10.1. The number of nitrogens with zero attached hydrogens (tertiary/aromatic N) is 1. The lowest BCUT2D eigenvalue weighted by Gasteiger charge is -2.24. The van der Waals surface area contributed by atoms with Gasteiger partial charge in [-0.25, -0.2) is 22.9 Å². The highest BCUT2D eigenvalue weighted by Crippen LogP contribution is 2.39. The van der Waals surface area contributed by atoms with E-state index >= 15 is 0 Å². The third-order valence-electron chi connectivity index (χ3n) is 5.21. The van der Waals surface area contributed by atoms with E-state index in [9.17, 15) is 13.2 Å². The van der Waals surface area contributed by atoms with Gasteiger partial charge in [-0.15, -0.1) is 11.3 Å². The second-order valence-corrected chi connectivity index (χ2v) is 12.5. The van der Waals surface area contributed by atoms with Crippen LogP contribution in [0.1, 0.15) is 71.2 Å². The number of hydrogen-bond donors (Lipinski definition) is 3. The first-order valence-corrected chi connectivity index (χ1v) is 13.5. The molecule has 10 heteroatoms. The predicted octanol–water partition coefficient (Wildman–Crippen LogP) is 4.83. The summed E-state index contributed by atoms with van der Waals surface area (Å²) in [5.41, 5.74) is 6.25. The SMILES string of the molecule is CC(C)OC(=O)Nc1ccc(-c2cnc(C3CCC(N)CC3)s2)c(S(=O)(=O)NC(C)(C)C)c1. The monoisotopic (exact) mass is 494 g/mol. The van der Waals surface area contributed by atoms with Crippen LogP contribution in [0.25, 0.3) is 10.4 Å². The van der Waals surface area contributed by atoms with Gasteiger partial charge in [0.15, 0.2) is 0 Å². The maximum atomic E-state index is 13.3. The van der Waals surface area contributed by atoms with Gasteiger partial charge >= 0.3 is 6.09 Å². The molecule has 1 amide bonds. The fourth-order valence-corrected chi connectivity index (χ4v) is 6.67. The molecule has 182 valence electrons. The van der Waals surface area contributed by atoms with Gasteiger partial charge in [-0.05, 0) is 72.4 Å². The third-order valence-corrected chi connectivity index (χ3v) is 8.20. The van der Waals surface area contributed by atoms with Crippen molar-refractivity contribution in [2.45, 2.75) is 88.8 Å². The van der Waals surface area contributed by atoms with E-state index in [2.05, 4.69) is 15.0 Å². The normalized spacial score (nSPS) is 19.5. The van der Waals surface area contributed by atoms with Crippen LogP contribution in [0, 0.1) is 0 Å². The second-order valence-electron chi connectivity index (χ2n) is 9.82. The molecule has 1 aliphatic carbocycles. The van der Waals surface area contributed by atoms with Gasteiger partial charge in [0.05, 0.1) is 20.9 Å². The zero-order chi connectivity index (χ0) is 24.4. The van der Waals surface area contributed by atoms with Crippen molar-refractivity contribution in [3.05, 3.63) is 29.4 Å². The molecule has 0 saturated heterocycles. The summed E-state index contributed by atoms with van der Waals surface area (Å²) in [4.78, 5) is 17.5. The van der Waals surface area contributed by atoms with Gasteiger partial charge in [-0.1, -0.05) is 6.07 Å². The standard InChI is InChI=1S/C23H34N4O4S2/c1-14(2)31-22(28)26-17-10-11-18(20(12-17)33(29,30)27-23(3,4)5)19-13-25-21(32-19)15-6-8-16(24)9-7-15/h10-16,27H,6-9,24H2,1-5H3,(H,26,28). The first-order chi connectivity index (χ1) is 15.3. The number of thiazole rings is 1. The van der Waals surface area contributed by atoms with Crippen LogP contribution in [-0.2, 0) is 14.8 Å². The lowest BCUT2D eigenvalue weighted by Crippen LogP contribution is -2.40. The first kappa shape index (κ1) is 25.6. The molecule has 1 fully saturated rings. The van der Waals surface area contributed by atoms with E-state index in [1.807, 2.05) is 0 Å². The number of anilines is 1. The number of amides is 1. The number of nitrogens with one attached hydrogen (secondary N) is 2. The third kappa shape index (κ3) is 6.99. The van der Waals surface area contributed by atoms with Crippen LogP contribution in [-0.4, -0.2) is 37.2 Å². The average Bonchev–Trinajstić information content (AvgIpc) is 3.16. The Morgan fingerprint density at radius 3 is 2.48 bits per heavy atom. The van der Waals surface area contributed by atoms with Crippen LogP contribution < -0.4 is 15.8 Å². The van der Waals surface area contributed by atoms with E-state index in [-0.39, 0.29) is 17.0 Å². The summed E-state index contributed by atoms with van der Waals surface area (Å²) in [7, 11) is -3.88. The van der Waals surface area contributed by atoms with Gasteiger partial charge in [0.2, 0.25) is 10.0 Å². The van der Waals surface area contributed by atoms with E-state index in [0.29, 0.717) is 17.2 Å². The average molecular weight is 495 g/mol. The van der Waals surface area contributed by atoms with Crippen LogP contribution in [0.15, 0.2) is 29.3 Å². The summed E-state index contributed by atoms with van der Waals surface area (Å²) >= 11 is 1.51. The highest BCUT2D eigenvalue weighted by Gasteiger charge is 2.28. The Bertz CT molecular complexity index is 1080. The number of sulfonamides is 1. The molecule has 0 atom stereocenters. The summed E-state index contributed by atoms with van der Waals surface area (Å²) < 4.78 is 34.5. The molecule has 33 heavy (non-hydrogen) atoms. The molecule has 3 rings (SSSR count). The molecule has 1 aromatic heterocycles. The lowest BCUT2D eigenvalue weighted by atomic mass is 9.87. The number of aromatic nitrogens is 1. The van der Waals surface area contributed by atoms with Crippen molar-refractivity contribution >= 4 is 33.1 Å². The molecular weight excluding hydrogens is 460 g/mol. The number of nitrogens with two attached hydrogens (primary N) is 1. The van der Waals surface area contributed by atoms with E-state index < -0.39 is 21.7 Å². The Morgan fingerprint density at radius 2 is 1.88 bits per heavy atom. The minimum absolute atomic E-state index is 0.0839. The molecule has 2 aromatic rings. The van der Waals surface area contributed by atoms with Crippen LogP contribution in [0.4, 0.5) is 10.5 Å². The number of carbonyl (C=O) groups is 1. The molecule has 0 unspecified atom stereocenters. The van der Waals surface area contributed by atoms with Crippen molar-refractivity contribution in [2.75, 3.05) is 5.32 Å². The van der Waals surface area contributed by atoms with Gasteiger partial charge < -0.3 is 10.5 Å². The van der Waals surface area contributed by atoms with Gasteiger partial charge in [0.1, 0.15) is 0 Å². The lowest BCUT2D eigenvalue weighted by molar-refractivity contribution is 0.130. The van der Waals surface area contributed by atoms with Crippen molar-refractivity contribution in [1.82, 2.24) is 9.71 Å². The number of ether oxygens (including phenoxy) is 1. The summed E-state index contributed by atoms with van der Waals surface area (Å²) in [6.45, 7) is 8.83. The topological polar surface area (TPSA) is 123 Å². The summed E-state index contributed by atoms with van der Waals surface area (Å²) in [5, 5.41) is 3.62. The van der Waals surface area contributed by atoms with Crippen molar-refractivity contribution in [1.29, 1.82) is 0 Å². The Balaban J connectivity index is 1.97. The Morgan fingerprint density at radius 1 is 1.21 bits per heavy atom. The highest BCUT2D eigenvalue weighted by atomic mass is 32.2. The number of carbonyl (C=O) groups excluding carboxylic acids is 1. The van der Waals surface area contributed by atoms with Gasteiger partial charge in [0, 0.05) is 34.9 Å². The van der Waals surface area contributed by atoms with E-state index in [1.54, 1.807) is 52.9 Å². The maximum absolute atomic E-state index is 13.3. The summed E-state index contributed by atoms with van der Waals surface area (Å²) in [6, 6.07) is 5.09. The molecule has 0 spiro atoms. The van der Waals surface area contributed by atoms with E-state index in [0.717, 1.165) is 35.6 Å². The van der Waals surface area contributed by atoms with E-state index in [1.165, 1.54) is 17.4 Å². The molecular formula is C23H34N4O4S2. The zero-order valence-electron chi connectivity index (χ0n) is 19.8. The number of rotatable bonds is 6. The zero-order valence-corrected chi connectivity index (χ0v) is 21.5. The first-order valence-electron chi connectivity index (χ1n) is 11.2. The van der Waals surface area contributed by atoms with Gasteiger partial charge in [0.25, 0.3) is 0 Å². The van der Waals surface area contributed by atoms with Gasteiger partial charge in [-0.2, -0.15) is 0 Å². The maximum Gasteiger partial charge on any atom is 0.411 e. The predicted molar refractivity (Wildman–Crippen MR) is 132 cm³/mol. The molecule has 1 aliphatic rings. The Hall–Kier alpha value is -2.01. The van der Waals surface area contributed by atoms with Gasteiger partial charge in [-0.3, -0.25) is 5.32 Å². The van der Waals surface area contributed by atoms with Crippen LogP contribution >= 0.6 is 11.3 Å². The largest absolute Gasteiger partial charge is 0.447 e.